The monoisotopic (exact) mass is 536 g/mol. The maximum absolute atomic E-state index is 11.9. The van der Waals surface area contributed by atoms with Gasteiger partial charge in [-0.3, -0.25) is 19.6 Å². The summed E-state index contributed by atoms with van der Waals surface area (Å²) in [6, 6.07) is 0.783. The highest BCUT2D eigenvalue weighted by Gasteiger charge is 2.49. The van der Waals surface area contributed by atoms with Crippen LogP contribution in [0.5, 0.6) is 0 Å². The van der Waals surface area contributed by atoms with Crippen LogP contribution in [-0.4, -0.2) is 66.1 Å². The van der Waals surface area contributed by atoms with Crippen molar-refractivity contribution in [1.29, 1.82) is 0 Å². The molecule has 10 heteroatoms. The van der Waals surface area contributed by atoms with Gasteiger partial charge in [-0.05, 0) is 89.9 Å². The molecule has 6 aliphatic rings. The number of aliphatic hydroxyl groups excluding tert-OH is 2. The molecule has 6 fully saturated rings. The summed E-state index contributed by atoms with van der Waals surface area (Å²) in [5, 5.41) is 26.5. The molecule has 200 valence electrons. The zero-order chi connectivity index (χ0) is 25.8. The van der Waals surface area contributed by atoms with Crippen LogP contribution in [0.2, 0.25) is 0 Å². The van der Waals surface area contributed by atoms with E-state index >= 15 is 0 Å². The summed E-state index contributed by atoms with van der Waals surface area (Å²) in [6.45, 7) is 6.88. The third kappa shape index (κ3) is 4.87. The number of aliphatic hydroxyl groups is 2. The van der Waals surface area contributed by atoms with Gasteiger partial charge in [0.2, 0.25) is 11.8 Å². The lowest BCUT2D eigenvalue weighted by atomic mass is 9.96. The highest BCUT2D eigenvalue weighted by Crippen LogP contribution is 2.48. The zero-order valence-electron chi connectivity index (χ0n) is 21.7. The number of amidine groups is 2. The molecule has 4 bridgehead atoms. The van der Waals surface area contributed by atoms with Crippen LogP contribution >= 0.6 is 23.5 Å². The second kappa shape index (κ2) is 9.89. The third-order valence-corrected chi connectivity index (χ3v) is 12.2. The number of carbonyl (C=O) groups excluding carboxylic acids is 2. The first-order valence-electron chi connectivity index (χ1n) is 13.5. The van der Waals surface area contributed by atoms with E-state index in [1.54, 1.807) is 27.7 Å². The van der Waals surface area contributed by atoms with Gasteiger partial charge in [-0.25, -0.2) is 0 Å². The molecule has 4 N–H and O–H groups in total. The van der Waals surface area contributed by atoms with Crippen LogP contribution < -0.4 is 10.6 Å². The van der Waals surface area contributed by atoms with E-state index in [-0.39, 0.29) is 11.8 Å². The van der Waals surface area contributed by atoms with Crippen molar-refractivity contribution in [3.05, 3.63) is 0 Å². The Balaban J connectivity index is 0.000000148. The second-order valence-corrected chi connectivity index (χ2v) is 14.9. The van der Waals surface area contributed by atoms with E-state index in [9.17, 15) is 19.8 Å². The molecule has 8 nitrogen and oxygen atoms in total. The molecule has 0 aromatic rings. The minimum absolute atomic E-state index is 0.121. The fraction of sp³-hybridized carbons (Fsp3) is 0.846. The first-order chi connectivity index (χ1) is 17.0. The summed E-state index contributed by atoms with van der Waals surface area (Å²) in [4.78, 5) is 33.3. The number of nitrogens with one attached hydrogen (secondary N) is 2. The summed E-state index contributed by atoms with van der Waals surface area (Å²) in [5.41, 5.74) is 0. The predicted octanol–water partition coefficient (Wildman–Crippen LogP) is 3.07. The van der Waals surface area contributed by atoms with Crippen molar-refractivity contribution >= 4 is 45.7 Å². The van der Waals surface area contributed by atoms with E-state index in [0.717, 1.165) is 23.7 Å². The Labute approximate surface area is 222 Å². The fourth-order valence-electron chi connectivity index (χ4n) is 6.69. The Morgan fingerprint density at radius 3 is 1.39 bits per heavy atom. The van der Waals surface area contributed by atoms with Crippen molar-refractivity contribution in [2.45, 2.75) is 113 Å². The number of nitrogens with zero attached hydrogens (tertiary/aromatic N) is 2. The van der Waals surface area contributed by atoms with E-state index in [1.165, 1.54) is 74.9 Å². The molecule has 2 aliphatic heterocycles. The molecule has 0 radical (unpaired) electrons. The average molecular weight is 537 g/mol. The Morgan fingerprint density at radius 2 is 1.14 bits per heavy atom. The highest BCUT2D eigenvalue weighted by molar-refractivity contribution is 8.16. The van der Waals surface area contributed by atoms with Crippen molar-refractivity contribution in [2.75, 3.05) is 0 Å². The minimum Gasteiger partial charge on any atom is -0.391 e. The van der Waals surface area contributed by atoms with Gasteiger partial charge in [0.1, 0.15) is 9.49 Å². The molecule has 2 heterocycles. The average Bonchev–Trinajstić information content (AvgIpc) is 3.64. The number of thioether (sulfide) groups is 2. The SMILES string of the molecule is CC(O)[C@]1(C)SC(=N[C@H]2C[C@@H]3CC[C@H]2C3)NC1=O.CC(O)[C@]1(C)SC(=N[C@H]2C[C@@H]3CC[C@H]2C3)NC1=O. The van der Waals surface area contributed by atoms with Crippen LogP contribution in [0.3, 0.4) is 0 Å². The van der Waals surface area contributed by atoms with Crippen LogP contribution in [0.4, 0.5) is 0 Å². The Morgan fingerprint density at radius 1 is 0.750 bits per heavy atom. The Hall–Kier alpha value is -1.10. The maximum atomic E-state index is 11.9. The number of amides is 2. The summed E-state index contributed by atoms with van der Waals surface area (Å²) < 4.78 is -1.56. The quantitative estimate of drug-likeness (QED) is 0.438. The first kappa shape index (κ1) is 26.5. The van der Waals surface area contributed by atoms with Crippen molar-refractivity contribution in [1.82, 2.24) is 10.6 Å². The fourth-order valence-corrected chi connectivity index (χ4v) is 8.79. The molecule has 0 spiro atoms. The topological polar surface area (TPSA) is 123 Å². The molecule has 2 amide bonds. The lowest BCUT2D eigenvalue weighted by Crippen LogP contribution is -2.42. The molecular formula is C26H40N4O4S2. The molecular weight excluding hydrogens is 496 g/mol. The van der Waals surface area contributed by atoms with Crippen molar-refractivity contribution in [2.24, 2.45) is 33.7 Å². The van der Waals surface area contributed by atoms with Crippen LogP contribution in [-0.2, 0) is 9.59 Å². The number of hydrogen-bond acceptors (Lipinski definition) is 8. The number of fused-ring (bicyclic) bond motifs is 4. The molecule has 0 aromatic heterocycles. The van der Waals surface area contributed by atoms with Crippen molar-refractivity contribution in [3.8, 4) is 0 Å². The van der Waals surface area contributed by atoms with E-state index < -0.39 is 21.7 Å². The van der Waals surface area contributed by atoms with Gasteiger partial charge in [-0.15, -0.1) is 0 Å². The minimum atomic E-state index is -0.781. The van der Waals surface area contributed by atoms with Crippen LogP contribution in [0.1, 0.15) is 79.1 Å². The standard InChI is InChI=1S/2C13H20N2O2S/c2*1-7(16)13(2)11(17)15-12(18-13)14-10-6-8-3-4-9(10)5-8/h2*7-10,16H,3-6H2,1-2H3,(H,14,15,17)/t2*7?,8-,9+,10+,13+/m11/s1. The summed E-state index contributed by atoms with van der Waals surface area (Å²) >= 11 is 2.77. The van der Waals surface area contributed by atoms with Crippen LogP contribution in [0.25, 0.3) is 0 Å². The van der Waals surface area contributed by atoms with Crippen molar-refractivity contribution in [3.63, 3.8) is 0 Å². The van der Waals surface area contributed by atoms with Crippen molar-refractivity contribution < 1.29 is 19.8 Å². The normalized spacial score (nSPS) is 46.7. The number of rotatable bonds is 4. The van der Waals surface area contributed by atoms with Gasteiger partial charge >= 0.3 is 0 Å². The highest BCUT2D eigenvalue weighted by atomic mass is 32.2. The number of aliphatic imine (C=N–C) groups is 2. The lowest BCUT2D eigenvalue weighted by molar-refractivity contribution is -0.124. The van der Waals surface area contributed by atoms with Gasteiger partial charge in [0.05, 0.1) is 24.3 Å². The molecule has 2 unspecified atom stereocenters. The first-order valence-corrected chi connectivity index (χ1v) is 15.1. The van der Waals surface area contributed by atoms with Crippen LogP contribution in [0, 0.1) is 23.7 Å². The van der Waals surface area contributed by atoms with E-state index in [0.29, 0.717) is 22.4 Å². The third-order valence-electron chi connectivity index (χ3n) is 9.52. The van der Waals surface area contributed by atoms with Gasteiger partial charge < -0.3 is 20.8 Å². The van der Waals surface area contributed by atoms with Gasteiger partial charge in [0.15, 0.2) is 10.3 Å². The maximum Gasteiger partial charge on any atom is 0.245 e. The van der Waals surface area contributed by atoms with Gasteiger partial charge in [-0.1, -0.05) is 36.4 Å². The van der Waals surface area contributed by atoms with Gasteiger partial charge in [-0.2, -0.15) is 0 Å². The molecule has 0 aromatic carbocycles. The zero-order valence-corrected chi connectivity index (χ0v) is 23.3. The van der Waals surface area contributed by atoms with E-state index in [2.05, 4.69) is 10.6 Å². The van der Waals surface area contributed by atoms with E-state index in [4.69, 9.17) is 9.98 Å². The molecule has 36 heavy (non-hydrogen) atoms. The van der Waals surface area contributed by atoms with Gasteiger partial charge in [0.25, 0.3) is 0 Å². The molecule has 6 rings (SSSR count). The molecule has 4 saturated carbocycles. The largest absolute Gasteiger partial charge is 0.391 e. The molecule has 2 saturated heterocycles. The molecule has 10 atom stereocenters. The molecule has 4 aliphatic carbocycles. The smallest absolute Gasteiger partial charge is 0.245 e. The Bertz CT molecular complexity index is 896. The second-order valence-electron chi connectivity index (χ2n) is 12.0. The van der Waals surface area contributed by atoms with Gasteiger partial charge in [0, 0.05) is 0 Å². The number of carbonyl (C=O) groups is 2. The van der Waals surface area contributed by atoms with E-state index in [1.807, 2.05) is 0 Å². The number of hydrogen-bond donors (Lipinski definition) is 4. The summed E-state index contributed by atoms with van der Waals surface area (Å²) in [7, 11) is 0. The lowest BCUT2D eigenvalue weighted by Gasteiger charge is -2.22. The van der Waals surface area contributed by atoms with Crippen LogP contribution in [0.15, 0.2) is 9.98 Å². The predicted molar refractivity (Wildman–Crippen MR) is 145 cm³/mol. The summed E-state index contributed by atoms with van der Waals surface area (Å²) in [6.07, 6.45) is 8.93. The Kier molecular flexibility index (Phi) is 7.28. The summed E-state index contributed by atoms with van der Waals surface area (Å²) in [5.74, 6) is 2.91.